The van der Waals surface area contributed by atoms with E-state index in [1.807, 2.05) is 30.3 Å². The first kappa shape index (κ1) is 18.2. The molecule has 7 heteroatoms. The maximum atomic E-state index is 6.72. The zero-order chi connectivity index (χ0) is 19.5. The van der Waals surface area contributed by atoms with Gasteiger partial charge in [0, 0.05) is 23.5 Å². The lowest BCUT2D eigenvalue weighted by Gasteiger charge is -2.53. The van der Waals surface area contributed by atoms with Gasteiger partial charge in [0.25, 0.3) is 0 Å². The van der Waals surface area contributed by atoms with Crippen molar-refractivity contribution in [1.29, 1.82) is 0 Å². The summed E-state index contributed by atoms with van der Waals surface area (Å²) >= 11 is 6.72. The molecule has 2 aliphatic rings. The predicted octanol–water partition coefficient (Wildman–Crippen LogP) is 3.77. The van der Waals surface area contributed by atoms with Crippen molar-refractivity contribution in [3.8, 4) is 5.69 Å². The summed E-state index contributed by atoms with van der Waals surface area (Å²) in [6.45, 7) is 7.43. The normalized spacial score (nSPS) is 25.1. The maximum Gasteiger partial charge on any atom is 0.103 e. The lowest BCUT2D eigenvalue weighted by atomic mass is 9.82. The SMILES string of the molecule is C[C@H]1C[C@@H](c2cc3c(cnn3-c3cnn(C)c3)cc2Cl)CCN1C1(C)COC1. The van der Waals surface area contributed by atoms with Gasteiger partial charge >= 0.3 is 0 Å². The summed E-state index contributed by atoms with van der Waals surface area (Å²) in [5.74, 6) is 0.463. The lowest BCUT2D eigenvalue weighted by Crippen LogP contribution is -2.64. The number of aryl methyl sites for hydroxylation is 1. The highest BCUT2D eigenvalue weighted by molar-refractivity contribution is 6.32. The quantitative estimate of drug-likeness (QED) is 0.672. The zero-order valence-electron chi connectivity index (χ0n) is 16.6. The Balaban J connectivity index is 1.46. The summed E-state index contributed by atoms with van der Waals surface area (Å²) in [7, 11) is 1.92. The van der Waals surface area contributed by atoms with Crippen LogP contribution in [0.2, 0.25) is 5.02 Å². The topological polar surface area (TPSA) is 48.1 Å². The molecular formula is C21H26ClN5O. The molecule has 2 fully saturated rings. The van der Waals surface area contributed by atoms with Gasteiger partial charge < -0.3 is 4.74 Å². The smallest absolute Gasteiger partial charge is 0.103 e. The fourth-order valence-electron chi connectivity index (χ4n) is 4.92. The van der Waals surface area contributed by atoms with E-state index in [-0.39, 0.29) is 5.54 Å². The van der Waals surface area contributed by atoms with E-state index in [0.29, 0.717) is 12.0 Å². The van der Waals surface area contributed by atoms with Crippen LogP contribution in [0.25, 0.3) is 16.6 Å². The Morgan fingerprint density at radius 2 is 2.04 bits per heavy atom. The molecule has 0 amide bonds. The minimum Gasteiger partial charge on any atom is -0.377 e. The lowest BCUT2D eigenvalue weighted by molar-refractivity contribution is -0.149. The highest BCUT2D eigenvalue weighted by Crippen LogP contribution is 2.40. The van der Waals surface area contributed by atoms with Crippen LogP contribution in [0, 0.1) is 0 Å². The first-order chi connectivity index (χ1) is 13.4. The summed E-state index contributed by atoms with van der Waals surface area (Å²) in [4.78, 5) is 2.62. The third-order valence-corrected chi connectivity index (χ3v) is 6.79. The number of piperidine rings is 1. The summed E-state index contributed by atoms with van der Waals surface area (Å²) in [6, 6.07) is 4.81. The van der Waals surface area contributed by atoms with Gasteiger partial charge in [-0.15, -0.1) is 0 Å². The molecule has 2 aliphatic heterocycles. The molecule has 2 aromatic heterocycles. The molecular weight excluding hydrogens is 374 g/mol. The van der Waals surface area contributed by atoms with Crippen LogP contribution < -0.4 is 0 Å². The Morgan fingerprint density at radius 3 is 2.68 bits per heavy atom. The standard InChI is InChI=1S/C21H26ClN5O/c1-14-6-15(4-5-26(14)21(2)12-28-13-21)18-8-20-16(7-19(18)22)9-24-27(20)17-10-23-25(3)11-17/h7-11,14-15H,4-6,12-13H2,1-3H3/t14-,15-/m0/s1. The molecule has 0 bridgehead atoms. The summed E-state index contributed by atoms with van der Waals surface area (Å²) in [5.41, 5.74) is 3.49. The van der Waals surface area contributed by atoms with Crippen molar-refractivity contribution in [2.45, 2.75) is 44.2 Å². The molecule has 4 heterocycles. The molecule has 148 valence electrons. The second-order valence-corrected chi connectivity index (χ2v) is 9.02. The van der Waals surface area contributed by atoms with Gasteiger partial charge in [0.1, 0.15) is 5.69 Å². The number of halogens is 1. The summed E-state index contributed by atoms with van der Waals surface area (Å²) < 4.78 is 9.23. The number of likely N-dealkylation sites (tertiary alicyclic amines) is 1. The molecule has 0 N–H and O–H groups in total. The minimum absolute atomic E-state index is 0.205. The minimum atomic E-state index is 0.205. The molecule has 0 radical (unpaired) electrons. The number of aromatic nitrogens is 4. The molecule has 0 unspecified atom stereocenters. The fraction of sp³-hybridized carbons (Fsp3) is 0.524. The van der Waals surface area contributed by atoms with Gasteiger partial charge in [-0.1, -0.05) is 11.6 Å². The highest BCUT2D eigenvalue weighted by atomic mass is 35.5. The second-order valence-electron chi connectivity index (χ2n) is 8.61. The molecule has 3 aromatic rings. The van der Waals surface area contributed by atoms with Gasteiger partial charge in [-0.25, -0.2) is 4.68 Å². The van der Waals surface area contributed by atoms with Gasteiger partial charge in [-0.3, -0.25) is 9.58 Å². The Bertz CT molecular complexity index is 1020. The Hall–Kier alpha value is -1.89. The number of hydrogen-bond acceptors (Lipinski definition) is 4. The van der Waals surface area contributed by atoms with Crippen molar-refractivity contribution >= 4 is 22.5 Å². The Labute approximate surface area is 170 Å². The summed E-state index contributed by atoms with van der Waals surface area (Å²) in [5, 5.41) is 10.8. The van der Waals surface area contributed by atoms with Crippen molar-refractivity contribution in [2.24, 2.45) is 7.05 Å². The molecule has 5 rings (SSSR count). The Kier molecular flexibility index (Phi) is 4.27. The maximum absolute atomic E-state index is 6.72. The second kappa shape index (κ2) is 6.58. The number of benzene rings is 1. The van der Waals surface area contributed by atoms with Crippen LogP contribution in [0.1, 0.15) is 38.2 Å². The Morgan fingerprint density at radius 1 is 1.21 bits per heavy atom. The van der Waals surface area contributed by atoms with Gasteiger partial charge in [-0.2, -0.15) is 10.2 Å². The molecule has 28 heavy (non-hydrogen) atoms. The van der Waals surface area contributed by atoms with Gasteiger partial charge in [0.15, 0.2) is 0 Å². The van der Waals surface area contributed by atoms with Gasteiger partial charge in [0.05, 0.1) is 42.9 Å². The van der Waals surface area contributed by atoms with E-state index in [4.69, 9.17) is 16.3 Å². The van der Waals surface area contributed by atoms with E-state index in [1.165, 1.54) is 5.56 Å². The van der Waals surface area contributed by atoms with E-state index in [2.05, 4.69) is 41.1 Å². The average Bonchev–Trinajstić information content (AvgIpc) is 3.24. The average molecular weight is 400 g/mol. The van der Waals surface area contributed by atoms with Crippen LogP contribution in [-0.2, 0) is 11.8 Å². The van der Waals surface area contributed by atoms with E-state index >= 15 is 0 Å². The zero-order valence-corrected chi connectivity index (χ0v) is 17.4. The van der Waals surface area contributed by atoms with E-state index in [1.54, 1.807) is 4.68 Å². The van der Waals surface area contributed by atoms with E-state index in [0.717, 1.165) is 54.2 Å². The molecule has 2 saturated heterocycles. The number of ether oxygens (including phenoxy) is 1. The molecule has 0 spiro atoms. The fourth-order valence-corrected chi connectivity index (χ4v) is 5.24. The number of fused-ring (bicyclic) bond motifs is 1. The van der Waals surface area contributed by atoms with E-state index in [9.17, 15) is 0 Å². The van der Waals surface area contributed by atoms with Crippen LogP contribution in [0.5, 0.6) is 0 Å². The predicted molar refractivity (Wildman–Crippen MR) is 110 cm³/mol. The molecule has 0 saturated carbocycles. The van der Waals surface area contributed by atoms with Crippen LogP contribution >= 0.6 is 11.6 Å². The van der Waals surface area contributed by atoms with Gasteiger partial charge in [0.2, 0.25) is 0 Å². The first-order valence-electron chi connectivity index (χ1n) is 9.95. The van der Waals surface area contributed by atoms with Crippen LogP contribution in [0.3, 0.4) is 0 Å². The van der Waals surface area contributed by atoms with Crippen molar-refractivity contribution in [3.05, 3.63) is 41.3 Å². The third-order valence-electron chi connectivity index (χ3n) is 6.46. The highest BCUT2D eigenvalue weighted by Gasteiger charge is 2.44. The first-order valence-corrected chi connectivity index (χ1v) is 10.3. The molecule has 0 aliphatic carbocycles. The van der Waals surface area contributed by atoms with Crippen LogP contribution in [0.15, 0.2) is 30.7 Å². The van der Waals surface area contributed by atoms with E-state index < -0.39 is 0 Å². The summed E-state index contributed by atoms with van der Waals surface area (Å²) in [6.07, 6.45) is 7.92. The monoisotopic (exact) mass is 399 g/mol. The molecule has 1 aromatic carbocycles. The molecule has 6 nitrogen and oxygen atoms in total. The van der Waals surface area contributed by atoms with Crippen LogP contribution in [-0.4, -0.2) is 55.8 Å². The van der Waals surface area contributed by atoms with Crippen molar-refractivity contribution in [3.63, 3.8) is 0 Å². The van der Waals surface area contributed by atoms with Crippen molar-refractivity contribution in [1.82, 2.24) is 24.5 Å². The molecule has 2 atom stereocenters. The third kappa shape index (κ3) is 2.86. The number of hydrogen-bond donors (Lipinski definition) is 0. The number of nitrogens with zero attached hydrogens (tertiary/aromatic N) is 5. The van der Waals surface area contributed by atoms with Gasteiger partial charge in [-0.05, 0) is 56.8 Å². The largest absolute Gasteiger partial charge is 0.377 e. The van der Waals surface area contributed by atoms with Crippen molar-refractivity contribution < 1.29 is 4.74 Å². The number of rotatable bonds is 3. The van der Waals surface area contributed by atoms with Crippen molar-refractivity contribution in [2.75, 3.05) is 19.8 Å². The van der Waals surface area contributed by atoms with Crippen LogP contribution in [0.4, 0.5) is 0 Å².